The summed E-state index contributed by atoms with van der Waals surface area (Å²) in [6, 6.07) is 13.0. The van der Waals surface area contributed by atoms with Crippen molar-refractivity contribution in [1.82, 2.24) is 9.78 Å². The van der Waals surface area contributed by atoms with E-state index in [0.717, 1.165) is 11.6 Å². The summed E-state index contributed by atoms with van der Waals surface area (Å²) in [6.07, 6.45) is 1.40. The second-order valence-corrected chi connectivity index (χ2v) is 7.73. The molecule has 156 valence electrons. The number of methoxy groups -OCH3 is 1. The van der Waals surface area contributed by atoms with Gasteiger partial charge in [-0.15, -0.1) is 0 Å². The van der Waals surface area contributed by atoms with Gasteiger partial charge in [0.1, 0.15) is 18.0 Å². The summed E-state index contributed by atoms with van der Waals surface area (Å²) in [5, 5.41) is 4.36. The molecule has 1 heterocycles. The van der Waals surface area contributed by atoms with E-state index in [1.54, 1.807) is 4.68 Å². The fourth-order valence-corrected chi connectivity index (χ4v) is 3.07. The third kappa shape index (κ3) is 4.40. The van der Waals surface area contributed by atoms with Gasteiger partial charge in [-0.25, -0.2) is 14.0 Å². The maximum atomic E-state index is 13.9. The zero-order valence-corrected chi connectivity index (χ0v) is 17.3. The maximum Gasteiger partial charge on any atom is 0.342 e. The summed E-state index contributed by atoms with van der Waals surface area (Å²) >= 11 is 0. The van der Waals surface area contributed by atoms with Gasteiger partial charge < -0.3 is 9.47 Å². The lowest BCUT2D eigenvalue weighted by atomic mass is 9.99. The Labute approximate surface area is 174 Å². The number of hydrogen-bond acceptors (Lipinski definition) is 5. The summed E-state index contributed by atoms with van der Waals surface area (Å²) < 4.78 is 25.8. The van der Waals surface area contributed by atoms with Crippen LogP contribution in [-0.2, 0) is 21.6 Å². The highest BCUT2D eigenvalue weighted by atomic mass is 19.1. The first-order chi connectivity index (χ1) is 14.2. The molecule has 0 aliphatic heterocycles. The molecule has 0 radical (unpaired) electrons. The van der Waals surface area contributed by atoms with Crippen molar-refractivity contribution in [2.75, 3.05) is 7.11 Å². The van der Waals surface area contributed by atoms with E-state index in [1.807, 2.05) is 51.1 Å². The van der Waals surface area contributed by atoms with Gasteiger partial charge in [-0.1, -0.05) is 30.3 Å². The maximum absolute atomic E-state index is 13.9. The van der Waals surface area contributed by atoms with Crippen molar-refractivity contribution >= 4 is 11.9 Å². The molecule has 0 saturated carbocycles. The average Bonchev–Trinajstić information content (AvgIpc) is 3.17. The molecule has 0 saturated heterocycles. The molecule has 6 nitrogen and oxygen atoms in total. The Morgan fingerprint density at radius 2 is 1.73 bits per heavy atom. The third-order valence-corrected chi connectivity index (χ3v) is 4.48. The fourth-order valence-electron chi connectivity index (χ4n) is 3.07. The Kier molecular flexibility index (Phi) is 6.01. The molecule has 2 aromatic carbocycles. The second-order valence-electron chi connectivity index (χ2n) is 7.73. The van der Waals surface area contributed by atoms with E-state index in [0.29, 0.717) is 11.3 Å². The Bertz CT molecular complexity index is 1070. The number of aromatic nitrogens is 2. The van der Waals surface area contributed by atoms with Crippen molar-refractivity contribution < 1.29 is 23.5 Å². The highest BCUT2D eigenvalue weighted by molar-refractivity contribution is 6.02. The SMILES string of the molecule is COC(=O)c1cc(F)ccc1-c1c(C(=O)OCc2ccccc2)cnn1C(C)(C)C. The van der Waals surface area contributed by atoms with Crippen LogP contribution in [0.25, 0.3) is 11.3 Å². The zero-order chi connectivity index (χ0) is 21.9. The zero-order valence-electron chi connectivity index (χ0n) is 17.3. The number of esters is 2. The number of carbonyl (C=O) groups is 2. The number of nitrogens with zero attached hydrogens (tertiary/aromatic N) is 2. The van der Waals surface area contributed by atoms with E-state index in [-0.39, 0.29) is 17.7 Å². The van der Waals surface area contributed by atoms with Crippen molar-refractivity contribution in [1.29, 1.82) is 0 Å². The van der Waals surface area contributed by atoms with Crippen LogP contribution in [0.5, 0.6) is 0 Å². The molecule has 0 aliphatic carbocycles. The van der Waals surface area contributed by atoms with Crippen LogP contribution < -0.4 is 0 Å². The second kappa shape index (κ2) is 8.49. The molecule has 30 heavy (non-hydrogen) atoms. The summed E-state index contributed by atoms with van der Waals surface area (Å²) in [6.45, 7) is 5.81. The fraction of sp³-hybridized carbons (Fsp3) is 0.261. The minimum Gasteiger partial charge on any atom is -0.465 e. The smallest absolute Gasteiger partial charge is 0.342 e. The van der Waals surface area contributed by atoms with Gasteiger partial charge in [0.15, 0.2) is 0 Å². The minimum absolute atomic E-state index is 0.000564. The number of hydrogen-bond donors (Lipinski definition) is 0. The van der Waals surface area contributed by atoms with Gasteiger partial charge in [-0.2, -0.15) is 5.10 Å². The lowest BCUT2D eigenvalue weighted by Gasteiger charge is -2.23. The molecule has 3 aromatic rings. The van der Waals surface area contributed by atoms with Gasteiger partial charge >= 0.3 is 11.9 Å². The molecule has 0 fully saturated rings. The first kappa shape index (κ1) is 21.2. The largest absolute Gasteiger partial charge is 0.465 e. The van der Waals surface area contributed by atoms with Gasteiger partial charge in [0.05, 0.1) is 30.1 Å². The molecule has 0 unspecified atom stereocenters. The molecular formula is C23H23FN2O4. The summed E-state index contributed by atoms with van der Waals surface area (Å²) in [5.74, 6) is -1.89. The van der Waals surface area contributed by atoms with Crippen molar-refractivity contribution in [3.63, 3.8) is 0 Å². The van der Waals surface area contributed by atoms with Gasteiger partial charge in [0, 0.05) is 5.56 Å². The Balaban J connectivity index is 2.09. The molecular weight excluding hydrogens is 387 g/mol. The Morgan fingerprint density at radius 1 is 1.03 bits per heavy atom. The number of rotatable bonds is 5. The topological polar surface area (TPSA) is 70.4 Å². The number of ether oxygens (including phenoxy) is 2. The van der Waals surface area contributed by atoms with Gasteiger partial charge in [0.25, 0.3) is 0 Å². The molecule has 0 N–H and O–H groups in total. The van der Waals surface area contributed by atoms with Crippen LogP contribution in [0, 0.1) is 5.82 Å². The molecule has 0 bridgehead atoms. The highest BCUT2D eigenvalue weighted by Gasteiger charge is 2.29. The molecule has 7 heteroatoms. The van der Waals surface area contributed by atoms with Crippen LogP contribution in [-0.4, -0.2) is 28.8 Å². The van der Waals surface area contributed by atoms with Crippen LogP contribution in [0.2, 0.25) is 0 Å². The molecule has 0 spiro atoms. The highest BCUT2D eigenvalue weighted by Crippen LogP contribution is 2.33. The predicted molar refractivity (Wildman–Crippen MR) is 110 cm³/mol. The number of carbonyl (C=O) groups excluding carboxylic acids is 2. The van der Waals surface area contributed by atoms with Crippen LogP contribution in [0.3, 0.4) is 0 Å². The van der Waals surface area contributed by atoms with E-state index in [4.69, 9.17) is 9.47 Å². The first-order valence-corrected chi connectivity index (χ1v) is 9.40. The number of halogens is 1. The number of benzene rings is 2. The van der Waals surface area contributed by atoms with E-state index < -0.39 is 23.3 Å². The summed E-state index contributed by atoms with van der Waals surface area (Å²) in [4.78, 5) is 25.2. The van der Waals surface area contributed by atoms with E-state index in [9.17, 15) is 14.0 Å². The summed E-state index contributed by atoms with van der Waals surface area (Å²) in [7, 11) is 1.22. The first-order valence-electron chi connectivity index (χ1n) is 9.40. The average molecular weight is 410 g/mol. The Morgan fingerprint density at radius 3 is 2.37 bits per heavy atom. The van der Waals surface area contributed by atoms with Gasteiger partial charge in [-0.3, -0.25) is 4.68 Å². The molecule has 0 atom stereocenters. The van der Waals surface area contributed by atoms with Crippen molar-refractivity contribution in [2.24, 2.45) is 0 Å². The van der Waals surface area contributed by atoms with E-state index in [1.165, 1.54) is 25.4 Å². The van der Waals surface area contributed by atoms with Crippen molar-refractivity contribution in [3.05, 3.63) is 77.2 Å². The molecule has 3 rings (SSSR count). The summed E-state index contributed by atoms with van der Waals surface area (Å²) in [5.41, 5.74) is 1.20. The van der Waals surface area contributed by atoms with Crippen LogP contribution >= 0.6 is 0 Å². The monoisotopic (exact) mass is 410 g/mol. The Hall–Kier alpha value is -3.48. The van der Waals surface area contributed by atoms with Crippen molar-refractivity contribution in [3.8, 4) is 11.3 Å². The molecule has 1 aromatic heterocycles. The van der Waals surface area contributed by atoms with E-state index >= 15 is 0 Å². The van der Waals surface area contributed by atoms with Gasteiger partial charge in [0.2, 0.25) is 0 Å². The quantitative estimate of drug-likeness (QED) is 0.576. The van der Waals surface area contributed by atoms with Crippen LogP contribution in [0.4, 0.5) is 4.39 Å². The molecule has 0 aliphatic rings. The third-order valence-electron chi connectivity index (χ3n) is 4.48. The minimum atomic E-state index is -0.713. The molecule has 0 amide bonds. The lowest BCUT2D eigenvalue weighted by Crippen LogP contribution is -2.25. The van der Waals surface area contributed by atoms with Crippen LogP contribution in [0.15, 0.2) is 54.7 Å². The standard InChI is InChI=1S/C23H23FN2O4/c1-23(2,3)26-20(17-11-10-16(24)12-18(17)21(27)29-4)19(13-25-26)22(28)30-14-15-8-6-5-7-9-15/h5-13H,14H2,1-4H3. The van der Waals surface area contributed by atoms with Crippen LogP contribution in [0.1, 0.15) is 47.1 Å². The van der Waals surface area contributed by atoms with Gasteiger partial charge in [-0.05, 0) is 44.5 Å². The lowest BCUT2D eigenvalue weighted by molar-refractivity contribution is 0.0472. The predicted octanol–water partition coefficient (Wildman–Crippen LogP) is 4.59. The normalized spacial score (nSPS) is 11.2. The van der Waals surface area contributed by atoms with Crippen molar-refractivity contribution in [2.45, 2.75) is 32.9 Å². The van der Waals surface area contributed by atoms with E-state index in [2.05, 4.69) is 5.10 Å².